The molecule has 1 aliphatic carbocycles. The second-order valence-corrected chi connectivity index (χ2v) is 8.30. The second kappa shape index (κ2) is 11.1. The van der Waals surface area contributed by atoms with Crippen molar-refractivity contribution in [2.45, 2.75) is 12.8 Å². The van der Waals surface area contributed by atoms with Gasteiger partial charge in [0.1, 0.15) is 0 Å². The van der Waals surface area contributed by atoms with Gasteiger partial charge in [0.05, 0.1) is 23.4 Å². The molecule has 35 heavy (non-hydrogen) atoms. The van der Waals surface area contributed by atoms with E-state index in [0.29, 0.717) is 40.9 Å². The number of halogens is 1. The molecule has 9 heteroatoms. The molecule has 1 heterocycles. The number of carbonyl (C=O) groups is 3. The predicted molar refractivity (Wildman–Crippen MR) is 133 cm³/mol. The van der Waals surface area contributed by atoms with Crippen molar-refractivity contribution in [3.05, 3.63) is 75.9 Å². The Bertz CT molecular complexity index is 1320. The normalized spacial score (nSPS) is 13.5. The molecule has 2 N–H and O–H groups in total. The molecule has 0 saturated heterocycles. The Balaban J connectivity index is 1.58. The average Bonchev–Trinajstić information content (AvgIpc) is 3.24. The van der Waals surface area contributed by atoms with Crippen LogP contribution in [0.4, 0.5) is 4.79 Å². The van der Waals surface area contributed by atoms with E-state index >= 15 is 0 Å². The van der Waals surface area contributed by atoms with Crippen LogP contribution in [0, 0.1) is 0 Å². The lowest BCUT2D eigenvalue weighted by Gasteiger charge is -2.12. The maximum absolute atomic E-state index is 13.2. The van der Waals surface area contributed by atoms with E-state index in [2.05, 4.69) is 10.6 Å². The number of carbonyl (C=O) groups excluding carboxylic acids is 3. The van der Waals surface area contributed by atoms with E-state index < -0.39 is 24.5 Å². The third kappa shape index (κ3) is 5.67. The van der Waals surface area contributed by atoms with Gasteiger partial charge < -0.3 is 14.8 Å². The zero-order valence-corrected chi connectivity index (χ0v) is 19.9. The molecule has 2 aromatic carbocycles. The number of methoxy groups -OCH3 is 1. The average molecular weight is 494 g/mol. The van der Waals surface area contributed by atoms with E-state index in [-0.39, 0.29) is 6.54 Å². The minimum atomic E-state index is -0.734. The van der Waals surface area contributed by atoms with Crippen molar-refractivity contribution in [3.63, 3.8) is 0 Å². The number of hydrogen-bond donors (Lipinski definition) is 2. The molecule has 0 aliphatic heterocycles. The van der Waals surface area contributed by atoms with Crippen molar-refractivity contribution in [3.8, 4) is 0 Å². The summed E-state index contributed by atoms with van der Waals surface area (Å²) in [5.74, 6) is -1.38. The maximum Gasteiger partial charge on any atom is 0.339 e. The molecular weight excluding hydrogens is 470 g/mol. The smallest absolute Gasteiger partial charge is 0.339 e. The van der Waals surface area contributed by atoms with E-state index in [9.17, 15) is 14.4 Å². The first-order valence-electron chi connectivity index (χ1n) is 11.1. The fraction of sp³-hybridized carbons (Fsp3) is 0.231. The lowest BCUT2D eigenvalue weighted by atomic mass is 10.0. The van der Waals surface area contributed by atoms with Gasteiger partial charge in [0, 0.05) is 24.1 Å². The van der Waals surface area contributed by atoms with E-state index in [1.807, 2.05) is 48.5 Å². The Hall–Kier alpha value is -3.75. The van der Waals surface area contributed by atoms with Crippen molar-refractivity contribution in [1.29, 1.82) is 0 Å². The van der Waals surface area contributed by atoms with E-state index in [0.717, 1.165) is 22.4 Å². The number of para-hydroxylation sites is 1. The number of aromatic nitrogens is 1. The molecule has 0 saturated carbocycles. The molecule has 0 fully saturated rings. The number of esters is 1. The van der Waals surface area contributed by atoms with Crippen molar-refractivity contribution < 1.29 is 23.9 Å². The number of hydrogen-bond acceptors (Lipinski definition) is 6. The van der Waals surface area contributed by atoms with Crippen molar-refractivity contribution >= 4 is 52.1 Å². The van der Waals surface area contributed by atoms with Crippen LogP contribution in [0.5, 0.6) is 0 Å². The number of benzene rings is 2. The van der Waals surface area contributed by atoms with Crippen LogP contribution in [-0.4, -0.2) is 49.8 Å². The maximum atomic E-state index is 13.2. The Morgan fingerprint density at radius 3 is 2.66 bits per heavy atom. The summed E-state index contributed by atoms with van der Waals surface area (Å²) >= 11 is 6.34. The van der Waals surface area contributed by atoms with E-state index in [4.69, 9.17) is 26.1 Å². The molecule has 0 atom stereocenters. The van der Waals surface area contributed by atoms with Gasteiger partial charge in [0.15, 0.2) is 6.61 Å². The van der Waals surface area contributed by atoms with Crippen molar-refractivity contribution in [1.82, 2.24) is 15.6 Å². The SMILES string of the molecule is COCCNC(=O)NC(=O)COC(=O)c1c2c(nc3ccccc13)/C(=C/c1ccccc1Cl)CC2. The first-order valence-corrected chi connectivity index (χ1v) is 11.5. The summed E-state index contributed by atoms with van der Waals surface area (Å²) in [5, 5.41) is 5.86. The fourth-order valence-electron chi connectivity index (χ4n) is 3.97. The molecule has 0 radical (unpaired) electrons. The van der Waals surface area contributed by atoms with Crippen LogP contribution in [-0.2, 0) is 20.7 Å². The second-order valence-electron chi connectivity index (χ2n) is 7.90. The van der Waals surface area contributed by atoms with Crippen LogP contribution in [0.25, 0.3) is 22.6 Å². The van der Waals surface area contributed by atoms with Gasteiger partial charge in [-0.2, -0.15) is 0 Å². The highest BCUT2D eigenvalue weighted by Crippen LogP contribution is 2.38. The lowest BCUT2D eigenvalue weighted by Crippen LogP contribution is -2.42. The number of fused-ring (bicyclic) bond motifs is 2. The number of rotatable bonds is 7. The fourth-order valence-corrected chi connectivity index (χ4v) is 4.16. The number of pyridine rings is 1. The number of allylic oxidation sites excluding steroid dienone is 1. The number of amides is 3. The van der Waals surface area contributed by atoms with Crippen LogP contribution in [0.1, 0.15) is 33.6 Å². The molecule has 4 rings (SSSR count). The summed E-state index contributed by atoms with van der Waals surface area (Å²) in [5.41, 5.74) is 4.36. The number of nitrogens with zero attached hydrogens (tertiary/aromatic N) is 1. The zero-order valence-electron chi connectivity index (χ0n) is 19.1. The highest BCUT2D eigenvalue weighted by atomic mass is 35.5. The quantitative estimate of drug-likeness (QED) is 0.380. The summed E-state index contributed by atoms with van der Waals surface area (Å²) in [7, 11) is 1.50. The Labute approximate surface area is 207 Å². The standard InChI is InChI=1S/C26H24ClN3O5/c1-34-13-12-28-26(33)30-22(31)15-35-25(32)23-18-7-3-5-9-21(18)29-24-17(10-11-19(23)24)14-16-6-2-4-8-20(16)27/h2-9,14H,10-13,15H2,1H3,(H2,28,30,31,33)/b17-14+. The monoisotopic (exact) mass is 493 g/mol. The first-order chi connectivity index (χ1) is 17.0. The largest absolute Gasteiger partial charge is 0.452 e. The third-order valence-electron chi connectivity index (χ3n) is 5.56. The minimum Gasteiger partial charge on any atom is -0.452 e. The van der Waals surface area contributed by atoms with Gasteiger partial charge in [-0.1, -0.05) is 48.0 Å². The summed E-state index contributed by atoms with van der Waals surface area (Å²) in [4.78, 5) is 41.8. The van der Waals surface area contributed by atoms with Crippen LogP contribution >= 0.6 is 11.6 Å². The van der Waals surface area contributed by atoms with Crippen molar-refractivity contribution in [2.75, 3.05) is 26.9 Å². The van der Waals surface area contributed by atoms with Gasteiger partial charge in [0.2, 0.25) is 0 Å². The van der Waals surface area contributed by atoms with Crippen LogP contribution in [0.15, 0.2) is 48.5 Å². The van der Waals surface area contributed by atoms with Gasteiger partial charge in [-0.25, -0.2) is 14.6 Å². The zero-order chi connectivity index (χ0) is 24.8. The molecule has 1 aromatic heterocycles. The minimum absolute atomic E-state index is 0.245. The summed E-state index contributed by atoms with van der Waals surface area (Å²) in [6.45, 7) is -0.0391. The van der Waals surface area contributed by atoms with Gasteiger partial charge in [-0.3, -0.25) is 10.1 Å². The van der Waals surface area contributed by atoms with Gasteiger partial charge in [-0.15, -0.1) is 0 Å². The van der Waals surface area contributed by atoms with Crippen molar-refractivity contribution in [2.24, 2.45) is 0 Å². The Morgan fingerprint density at radius 1 is 1.09 bits per heavy atom. The predicted octanol–water partition coefficient (Wildman–Crippen LogP) is 4.00. The molecule has 180 valence electrons. The first kappa shape index (κ1) is 24.4. The Morgan fingerprint density at radius 2 is 1.86 bits per heavy atom. The van der Waals surface area contributed by atoms with E-state index in [1.165, 1.54) is 7.11 Å². The molecular formula is C26H24ClN3O5. The molecule has 1 aliphatic rings. The number of imide groups is 1. The number of urea groups is 1. The molecule has 8 nitrogen and oxygen atoms in total. The van der Waals surface area contributed by atoms with Gasteiger partial charge in [0.25, 0.3) is 5.91 Å². The highest BCUT2D eigenvalue weighted by Gasteiger charge is 2.28. The van der Waals surface area contributed by atoms with Crippen LogP contribution < -0.4 is 10.6 Å². The topological polar surface area (TPSA) is 107 Å². The number of ether oxygens (including phenoxy) is 2. The Kier molecular flexibility index (Phi) is 7.74. The summed E-state index contributed by atoms with van der Waals surface area (Å²) < 4.78 is 10.1. The molecule has 3 amide bonds. The molecule has 0 unspecified atom stereocenters. The molecule has 0 bridgehead atoms. The third-order valence-corrected chi connectivity index (χ3v) is 5.90. The van der Waals surface area contributed by atoms with E-state index in [1.54, 1.807) is 6.07 Å². The summed E-state index contributed by atoms with van der Waals surface area (Å²) in [6.07, 6.45) is 3.27. The van der Waals surface area contributed by atoms with Crippen LogP contribution in [0.2, 0.25) is 5.02 Å². The van der Waals surface area contributed by atoms with Crippen LogP contribution in [0.3, 0.4) is 0 Å². The molecule has 3 aromatic rings. The molecule has 0 spiro atoms. The number of nitrogens with one attached hydrogen (secondary N) is 2. The van der Waals surface area contributed by atoms with Gasteiger partial charge in [-0.05, 0) is 47.8 Å². The lowest BCUT2D eigenvalue weighted by molar-refractivity contribution is -0.123. The van der Waals surface area contributed by atoms with Gasteiger partial charge >= 0.3 is 12.0 Å². The highest BCUT2D eigenvalue weighted by molar-refractivity contribution is 6.32. The summed E-state index contributed by atoms with van der Waals surface area (Å²) in [6, 6.07) is 14.1.